The number of carboxylic acids is 2. The number of likely N-dealkylation sites (N-methyl/N-ethyl adjacent to an activating group) is 1. The van der Waals surface area contributed by atoms with Crippen molar-refractivity contribution >= 4 is 11.9 Å². The first-order valence-electron chi connectivity index (χ1n) is 11.9. The van der Waals surface area contributed by atoms with Crippen LogP contribution in [0.15, 0.2) is 91.0 Å². The van der Waals surface area contributed by atoms with Gasteiger partial charge in [-0.15, -0.1) is 0 Å². The molecule has 1 fully saturated rings. The number of aliphatic hydroxyl groups excluding tert-OH is 1. The van der Waals surface area contributed by atoms with E-state index < -0.39 is 17.9 Å². The molecule has 1 aliphatic rings. The molecule has 0 radical (unpaired) electrons. The van der Waals surface area contributed by atoms with Crippen LogP contribution in [0.4, 0.5) is 0 Å². The van der Waals surface area contributed by atoms with Crippen LogP contribution < -0.4 is 0 Å². The van der Waals surface area contributed by atoms with Gasteiger partial charge in [-0.25, -0.2) is 0 Å². The van der Waals surface area contributed by atoms with Gasteiger partial charge in [0, 0.05) is 12.0 Å². The summed E-state index contributed by atoms with van der Waals surface area (Å²) in [6.07, 6.45) is 1.31. The van der Waals surface area contributed by atoms with Crippen molar-refractivity contribution in [3.8, 4) is 0 Å². The number of hydrogen-bond donors (Lipinski definition) is 3. The van der Waals surface area contributed by atoms with Gasteiger partial charge in [0.25, 0.3) is 0 Å². The fourth-order valence-electron chi connectivity index (χ4n) is 4.76. The van der Waals surface area contributed by atoms with E-state index in [0.29, 0.717) is 5.56 Å². The van der Waals surface area contributed by atoms with Gasteiger partial charge < -0.3 is 15.3 Å². The maximum Gasteiger partial charge on any atom is 0.311 e. The quantitative estimate of drug-likeness (QED) is 0.462. The molecule has 1 aliphatic heterocycles. The van der Waals surface area contributed by atoms with Crippen molar-refractivity contribution in [2.45, 2.75) is 43.2 Å². The number of benzene rings is 3. The fraction of sp³-hybridized carbons (Fsp3) is 0.310. The molecule has 0 aliphatic carbocycles. The van der Waals surface area contributed by atoms with Crippen molar-refractivity contribution in [3.63, 3.8) is 0 Å². The predicted molar refractivity (Wildman–Crippen MR) is 135 cm³/mol. The van der Waals surface area contributed by atoms with E-state index in [9.17, 15) is 14.7 Å². The molecule has 4 rings (SSSR count). The van der Waals surface area contributed by atoms with E-state index in [-0.39, 0.29) is 24.5 Å². The number of carbonyl (C=O) groups is 2. The molecule has 0 spiro atoms. The van der Waals surface area contributed by atoms with Crippen LogP contribution in [0.1, 0.15) is 47.8 Å². The normalized spacial score (nSPS) is 18.8. The van der Waals surface area contributed by atoms with Gasteiger partial charge in [-0.1, -0.05) is 91.0 Å². The van der Waals surface area contributed by atoms with Crippen molar-refractivity contribution in [1.82, 2.24) is 4.90 Å². The van der Waals surface area contributed by atoms with Crippen molar-refractivity contribution in [2.75, 3.05) is 13.6 Å². The van der Waals surface area contributed by atoms with Crippen LogP contribution in [0, 0.1) is 0 Å². The predicted octanol–water partition coefficient (Wildman–Crippen LogP) is 4.60. The number of aliphatic hydroxyl groups is 1. The Hall–Kier alpha value is -3.48. The highest BCUT2D eigenvalue weighted by Crippen LogP contribution is 2.35. The topological polar surface area (TPSA) is 98.1 Å². The monoisotopic (exact) mass is 475 g/mol. The third-order valence-electron chi connectivity index (χ3n) is 6.45. The molecule has 1 heterocycles. The minimum atomic E-state index is -1.11. The summed E-state index contributed by atoms with van der Waals surface area (Å²) in [6.45, 7) is 1.05. The summed E-state index contributed by atoms with van der Waals surface area (Å²) in [6, 6.07) is 29.6. The Morgan fingerprint density at radius 3 is 1.69 bits per heavy atom. The minimum absolute atomic E-state index is 0.142. The lowest BCUT2D eigenvalue weighted by Crippen LogP contribution is -2.49. The zero-order chi connectivity index (χ0) is 25.2. The molecule has 35 heavy (non-hydrogen) atoms. The van der Waals surface area contributed by atoms with Crippen LogP contribution in [-0.4, -0.2) is 57.9 Å². The summed E-state index contributed by atoms with van der Waals surface area (Å²) in [7, 11) is 2.13. The zero-order valence-corrected chi connectivity index (χ0v) is 19.9. The molecule has 1 saturated heterocycles. The van der Waals surface area contributed by atoms with Crippen LogP contribution in [0.5, 0.6) is 0 Å². The maximum absolute atomic E-state index is 10.8. The number of aliphatic carboxylic acids is 2. The lowest BCUT2D eigenvalue weighted by molar-refractivity contribution is -0.145. The molecular weight excluding hydrogens is 442 g/mol. The summed E-state index contributed by atoms with van der Waals surface area (Å²) in [4.78, 5) is 23.5. The van der Waals surface area contributed by atoms with E-state index in [2.05, 4.69) is 60.5 Å². The lowest BCUT2D eigenvalue weighted by atomic mass is 9.79. The van der Waals surface area contributed by atoms with Gasteiger partial charge in [-0.2, -0.15) is 0 Å². The summed E-state index contributed by atoms with van der Waals surface area (Å²) in [5.74, 6) is -2.97. The van der Waals surface area contributed by atoms with E-state index in [1.54, 1.807) is 30.3 Å². The molecule has 3 atom stereocenters. The van der Waals surface area contributed by atoms with Crippen molar-refractivity contribution < 1.29 is 24.9 Å². The highest BCUT2D eigenvalue weighted by Gasteiger charge is 2.36. The standard InChI is InChI=1S/C19H23NO.C10H10O4/c1-20-14-8-13-17(21)19(20)18(15-9-4-2-5-10-15)16-11-6-3-7-12-16;11-9(12)6-8(10(13)14)7-4-2-1-3-5-7/h2-7,9-12,17-19,21H,8,13-14H2,1H3;1-5,8H,6H2,(H,11,12)(H,13,14). The molecule has 3 aromatic carbocycles. The average Bonchev–Trinajstić information content (AvgIpc) is 2.86. The van der Waals surface area contributed by atoms with E-state index in [1.165, 1.54) is 11.1 Å². The first-order valence-corrected chi connectivity index (χ1v) is 11.9. The van der Waals surface area contributed by atoms with Crippen LogP contribution in [-0.2, 0) is 9.59 Å². The molecule has 3 aromatic rings. The van der Waals surface area contributed by atoms with E-state index >= 15 is 0 Å². The molecule has 3 N–H and O–H groups in total. The first kappa shape index (κ1) is 26.1. The molecule has 0 aromatic heterocycles. The Balaban J connectivity index is 0.000000214. The second-order valence-corrected chi connectivity index (χ2v) is 8.88. The summed E-state index contributed by atoms with van der Waals surface area (Å²) in [5.41, 5.74) is 3.07. The van der Waals surface area contributed by atoms with Gasteiger partial charge in [-0.3, -0.25) is 14.5 Å². The second-order valence-electron chi connectivity index (χ2n) is 8.88. The Kier molecular flexibility index (Phi) is 9.58. The third-order valence-corrected chi connectivity index (χ3v) is 6.45. The number of hydrogen-bond acceptors (Lipinski definition) is 4. The number of rotatable bonds is 7. The molecular formula is C29H33NO5. The number of piperidine rings is 1. The van der Waals surface area contributed by atoms with Crippen molar-refractivity contribution in [3.05, 3.63) is 108 Å². The number of likely N-dealkylation sites (tertiary alicyclic amines) is 1. The SMILES string of the molecule is CN1CCCC(O)C1C(c1ccccc1)c1ccccc1.O=C(O)CC(C(=O)O)c1ccccc1. The zero-order valence-electron chi connectivity index (χ0n) is 19.9. The molecule has 0 saturated carbocycles. The smallest absolute Gasteiger partial charge is 0.311 e. The van der Waals surface area contributed by atoms with Crippen LogP contribution >= 0.6 is 0 Å². The van der Waals surface area contributed by atoms with Gasteiger partial charge in [-0.05, 0) is 43.1 Å². The van der Waals surface area contributed by atoms with Crippen LogP contribution in [0.3, 0.4) is 0 Å². The molecule has 0 bridgehead atoms. The highest BCUT2D eigenvalue weighted by molar-refractivity contribution is 5.82. The number of nitrogens with zero attached hydrogens (tertiary/aromatic N) is 1. The Morgan fingerprint density at radius 1 is 0.829 bits per heavy atom. The first-order chi connectivity index (χ1) is 16.9. The van der Waals surface area contributed by atoms with Gasteiger partial charge in [0.05, 0.1) is 18.4 Å². The lowest BCUT2D eigenvalue weighted by Gasteiger charge is -2.42. The van der Waals surface area contributed by atoms with Gasteiger partial charge >= 0.3 is 11.9 Å². The Morgan fingerprint density at radius 2 is 1.29 bits per heavy atom. The average molecular weight is 476 g/mol. The Labute approximate surface area is 206 Å². The largest absolute Gasteiger partial charge is 0.481 e. The molecule has 6 nitrogen and oxygen atoms in total. The fourth-order valence-corrected chi connectivity index (χ4v) is 4.76. The maximum atomic E-state index is 10.8. The van der Waals surface area contributed by atoms with Gasteiger partial charge in [0.1, 0.15) is 0 Å². The number of carboxylic acid groups (broad SMARTS) is 2. The summed E-state index contributed by atoms with van der Waals surface area (Å²) >= 11 is 0. The van der Waals surface area contributed by atoms with Crippen LogP contribution in [0.2, 0.25) is 0 Å². The molecule has 3 unspecified atom stereocenters. The van der Waals surface area contributed by atoms with E-state index in [0.717, 1.165) is 19.4 Å². The highest BCUT2D eigenvalue weighted by atomic mass is 16.4. The van der Waals surface area contributed by atoms with Crippen molar-refractivity contribution in [2.24, 2.45) is 0 Å². The summed E-state index contributed by atoms with van der Waals surface area (Å²) in [5, 5.41) is 27.9. The molecule has 0 amide bonds. The molecule has 184 valence electrons. The minimum Gasteiger partial charge on any atom is -0.481 e. The second kappa shape index (κ2) is 12.8. The molecule has 6 heteroatoms. The third kappa shape index (κ3) is 7.25. The van der Waals surface area contributed by atoms with Crippen molar-refractivity contribution in [1.29, 1.82) is 0 Å². The Bertz CT molecular complexity index is 1010. The summed E-state index contributed by atoms with van der Waals surface area (Å²) < 4.78 is 0. The van der Waals surface area contributed by atoms with Gasteiger partial charge in [0.15, 0.2) is 0 Å². The van der Waals surface area contributed by atoms with E-state index in [4.69, 9.17) is 10.2 Å². The van der Waals surface area contributed by atoms with Crippen LogP contribution in [0.25, 0.3) is 0 Å². The van der Waals surface area contributed by atoms with Gasteiger partial charge in [0.2, 0.25) is 0 Å². The van der Waals surface area contributed by atoms with E-state index in [1.807, 2.05) is 12.1 Å².